The number of carbonyl (C=O) groups excluding carboxylic acids is 3. The highest BCUT2D eigenvalue weighted by Gasteiger charge is 2.30. The second-order valence-corrected chi connectivity index (χ2v) is 5.09. The zero-order chi connectivity index (χ0) is 15.7. The molecule has 0 rings (SSSR count). The number of rotatable bonds is 11. The summed E-state index contributed by atoms with van der Waals surface area (Å²) in [4.78, 5) is 35.2. The van der Waals surface area contributed by atoms with Crippen LogP contribution in [0.25, 0.3) is 0 Å². The fraction of sp³-hybridized carbons (Fsp3) is 0.786. The Morgan fingerprint density at radius 1 is 1.05 bits per heavy atom. The minimum Gasteiger partial charge on any atom is -0.330 e. The molecular formula is C14H27N3O3. The summed E-state index contributed by atoms with van der Waals surface area (Å²) in [5.41, 5.74) is 16.9. The third-order valence-electron chi connectivity index (χ3n) is 3.60. The molecule has 0 aromatic rings. The first-order valence-electron chi connectivity index (χ1n) is 7.16. The largest absolute Gasteiger partial charge is 0.330 e. The molecular weight excluding hydrogens is 258 g/mol. The van der Waals surface area contributed by atoms with Gasteiger partial charge in [-0.15, -0.1) is 0 Å². The monoisotopic (exact) mass is 285 g/mol. The predicted molar refractivity (Wildman–Crippen MR) is 77.9 cm³/mol. The zero-order valence-corrected chi connectivity index (χ0v) is 12.4. The van der Waals surface area contributed by atoms with E-state index in [-0.39, 0.29) is 18.0 Å². The van der Waals surface area contributed by atoms with Crippen LogP contribution in [0.2, 0.25) is 0 Å². The third-order valence-corrected chi connectivity index (χ3v) is 3.60. The van der Waals surface area contributed by atoms with E-state index in [0.29, 0.717) is 32.1 Å². The molecule has 20 heavy (non-hydrogen) atoms. The average Bonchev–Trinajstić information content (AvgIpc) is 2.48. The lowest BCUT2D eigenvalue weighted by Crippen LogP contribution is -2.40. The molecule has 0 saturated carbocycles. The highest BCUT2D eigenvalue weighted by Crippen LogP contribution is 2.19. The van der Waals surface area contributed by atoms with Crippen LogP contribution in [-0.2, 0) is 14.4 Å². The molecule has 116 valence electrons. The van der Waals surface area contributed by atoms with Crippen molar-refractivity contribution in [1.82, 2.24) is 0 Å². The van der Waals surface area contributed by atoms with E-state index >= 15 is 0 Å². The van der Waals surface area contributed by atoms with E-state index in [1.54, 1.807) is 6.92 Å². The molecule has 0 spiro atoms. The van der Waals surface area contributed by atoms with Gasteiger partial charge in [0.25, 0.3) is 0 Å². The van der Waals surface area contributed by atoms with Crippen molar-refractivity contribution in [3.05, 3.63) is 0 Å². The lowest BCUT2D eigenvalue weighted by atomic mass is 9.83. The SMILES string of the molecule is CCC(N)C(=O)C(C=O)CC(CCN)C(=O)C(N)CC. The first-order chi connectivity index (χ1) is 9.42. The normalized spacial score (nSPS) is 17.1. The Labute approximate surface area is 120 Å². The Kier molecular flexibility index (Phi) is 9.20. The summed E-state index contributed by atoms with van der Waals surface area (Å²) >= 11 is 0. The lowest BCUT2D eigenvalue weighted by molar-refractivity contribution is -0.130. The molecule has 6 heteroatoms. The molecule has 0 saturated heterocycles. The first-order valence-corrected chi connectivity index (χ1v) is 7.16. The molecule has 0 aliphatic heterocycles. The highest BCUT2D eigenvalue weighted by atomic mass is 16.1. The molecule has 0 radical (unpaired) electrons. The minimum atomic E-state index is -0.852. The van der Waals surface area contributed by atoms with Crippen molar-refractivity contribution in [3.63, 3.8) is 0 Å². The second-order valence-electron chi connectivity index (χ2n) is 5.09. The van der Waals surface area contributed by atoms with E-state index in [1.807, 2.05) is 6.92 Å². The standard InChI is InChI=1S/C14H27N3O3/c1-3-11(16)13(19)9(5-6-15)7-10(8-18)14(20)12(17)4-2/h8-12H,3-7,15-17H2,1-2H3. The van der Waals surface area contributed by atoms with Crippen molar-refractivity contribution < 1.29 is 14.4 Å². The summed E-state index contributed by atoms with van der Waals surface area (Å²) in [6, 6.07) is -1.24. The smallest absolute Gasteiger partial charge is 0.159 e. The van der Waals surface area contributed by atoms with Crippen LogP contribution in [0.15, 0.2) is 0 Å². The maximum absolute atomic E-state index is 12.1. The summed E-state index contributed by atoms with van der Waals surface area (Å²) in [6.07, 6.45) is 2.14. The van der Waals surface area contributed by atoms with Crippen LogP contribution in [0.1, 0.15) is 39.5 Å². The van der Waals surface area contributed by atoms with Crippen LogP contribution in [0.4, 0.5) is 0 Å². The predicted octanol–water partition coefficient (Wildman–Crippen LogP) is -0.231. The molecule has 6 N–H and O–H groups in total. The fourth-order valence-corrected chi connectivity index (χ4v) is 2.10. The quantitative estimate of drug-likeness (QED) is 0.355. The van der Waals surface area contributed by atoms with Crippen molar-refractivity contribution in [2.24, 2.45) is 29.0 Å². The summed E-state index contributed by atoms with van der Waals surface area (Å²) in [7, 11) is 0. The van der Waals surface area contributed by atoms with E-state index in [4.69, 9.17) is 17.2 Å². The molecule has 0 aliphatic carbocycles. The molecule has 0 bridgehead atoms. The summed E-state index contributed by atoms with van der Waals surface area (Å²) in [5, 5.41) is 0. The van der Waals surface area contributed by atoms with Crippen molar-refractivity contribution in [2.75, 3.05) is 6.54 Å². The van der Waals surface area contributed by atoms with Gasteiger partial charge in [-0.1, -0.05) is 13.8 Å². The Hall–Kier alpha value is -1.11. The molecule has 4 atom stereocenters. The number of hydrogen-bond acceptors (Lipinski definition) is 6. The number of carbonyl (C=O) groups is 3. The zero-order valence-electron chi connectivity index (χ0n) is 12.4. The van der Waals surface area contributed by atoms with E-state index < -0.39 is 23.9 Å². The third kappa shape index (κ3) is 5.48. The van der Waals surface area contributed by atoms with Gasteiger partial charge >= 0.3 is 0 Å². The number of hydrogen-bond donors (Lipinski definition) is 3. The van der Waals surface area contributed by atoms with Gasteiger partial charge in [0.15, 0.2) is 11.6 Å². The molecule has 0 heterocycles. The van der Waals surface area contributed by atoms with E-state index in [1.165, 1.54) is 0 Å². The molecule has 4 unspecified atom stereocenters. The van der Waals surface area contributed by atoms with Crippen molar-refractivity contribution in [2.45, 2.75) is 51.6 Å². The molecule has 0 aromatic heterocycles. The highest BCUT2D eigenvalue weighted by molar-refractivity contribution is 5.97. The summed E-state index contributed by atoms with van der Waals surface area (Å²) < 4.78 is 0. The van der Waals surface area contributed by atoms with Gasteiger partial charge in [0, 0.05) is 5.92 Å². The minimum absolute atomic E-state index is 0.136. The van der Waals surface area contributed by atoms with Gasteiger partial charge in [0.05, 0.1) is 18.0 Å². The number of ketones is 2. The van der Waals surface area contributed by atoms with E-state index in [2.05, 4.69) is 0 Å². The average molecular weight is 285 g/mol. The van der Waals surface area contributed by atoms with Gasteiger partial charge in [0.1, 0.15) is 6.29 Å². The van der Waals surface area contributed by atoms with Crippen LogP contribution in [0.3, 0.4) is 0 Å². The molecule has 0 fully saturated rings. The van der Waals surface area contributed by atoms with Crippen LogP contribution in [0, 0.1) is 11.8 Å². The Balaban J connectivity index is 4.90. The topological polar surface area (TPSA) is 129 Å². The number of Topliss-reactive ketones (excluding diaryl/α,β-unsaturated/α-hetero) is 2. The van der Waals surface area contributed by atoms with Gasteiger partial charge < -0.3 is 22.0 Å². The van der Waals surface area contributed by atoms with Crippen LogP contribution >= 0.6 is 0 Å². The maximum atomic E-state index is 12.1. The van der Waals surface area contributed by atoms with E-state index in [0.717, 1.165) is 0 Å². The van der Waals surface area contributed by atoms with Gasteiger partial charge in [-0.25, -0.2) is 0 Å². The Morgan fingerprint density at radius 3 is 1.95 bits per heavy atom. The number of aldehydes is 1. The molecule has 0 amide bonds. The molecule has 6 nitrogen and oxygen atoms in total. The van der Waals surface area contributed by atoms with Gasteiger partial charge in [0.2, 0.25) is 0 Å². The summed E-state index contributed by atoms with van der Waals surface area (Å²) in [5.74, 6) is -1.77. The second kappa shape index (κ2) is 9.74. The van der Waals surface area contributed by atoms with Crippen LogP contribution in [0.5, 0.6) is 0 Å². The van der Waals surface area contributed by atoms with Crippen LogP contribution < -0.4 is 17.2 Å². The van der Waals surface area contributed by atoms with Crippen molar-refractivity contribution in [3.8, 4) is 0 Å². The van der Waals surface area contributed by atoms with Gasteiger partial charge in [-0.2, -0.15) is 0 Å². The van der Waals surface area contributed by atoms with Gasteiger partial charge in [-0.05, 0) is 32.2 Å². The molecule has 0 aliphatic rings. The summed E-state index contributed by atoms with van der Waals surface area (Å²) in [6.45, 7) is 3.91. The first kappa shape index (κ1) is 18.9. The maximum Gasteiger partial charge on any atom is 0.159 e. The fourth-order valence-electron chi connectivity index (χ4n) is 2.10. The van der Waals surface area contributed by atoms with Crippen molar-refractivity contribution in [1.29, 1.82) is 0 Å². The van der Waals surface area contributed by atoms with Gasteiger partial charge in [-0.3, -0.25) is 9.59 Å². The van der Waals surface area contributed by atoms with E-state index in [9.17, 15) is 14.4 Å². The molecule has 0 aromatic carbocycles. The van der Waals surface area contributed by atoms with Crippen molar-refractivity contribution >= 4 is 17.9 Å². The Bertz CT molecular complexity index is 334. The lowest BCUT2D eigenvalue weighted by Gasteiger charge is -2.22. The number of nitrogens with two attached hydrogens (primary N) is 3. The Morgan fingerprint density at radius 2 is 1.55 bits per heavy atom. The van der Waals surface area contributed by atoms with Crippen LogP contribution in [-0.4, -0.2) is 36.5 Å².